The Morgan fingerprint density at radius 1 is 1.08 bits per heavy atom. The van der Waals surface area contributed by atoms with Crippen molar-refractivity contribution in [2.75, 3.05) is 19.4 Å². The first-order valence-corrected chi connectivity index (χ1v) is 8.94. The van der Waals surface area contributed by atoms with E-state index in [-0.39, 0.29) is 5.75 Å². The summed E-state index contributed by atoms with van der Waals surface area (Å²) in [5, 5.41) is 15.2. The molecule has 3 rings (SSSR count). The van der Waals surface area contributed by atoms with Crippen molar-refractivity contribution in [3.05, 3.63) is 53.9 Å². The van der Waals surface area contributed by atoms with Crippen LogP contribution in [0.5, 0.6) is 0 Å². The summed E-state index contributed by atoms with van der Waals surface area (Å²) in [4.78, 5) is 0. The Bertz CT molecular complexity index is 934. The number of anilines is 1. The van der Waals surface area contributed by atoms with Crippen LogP contribution in [0.4, 0.5) is 5.82 Å². The molecule has 0 fully saturated rings. The van der Waals surface area contributed by atoms with Crippen LogP contribution in [0.1, 0.15) is 11.1 Å². The van der Waals surface area contributed by atoms with Crippen LogP contribution in [0.15, 0.2) is 42.7 Å². The van der Waals surface area contributed by atoms with E-state index in [0.717, 1.165) is 11.1 Å². The number of hydrogen-bond donors (Lipinski definition) is 1. The number of rotatable bonds is 6. The van der Waals surface area contributed by atoms with Gasteiger partial charge in [-0.3, -0.25) is 0 Å². The summed E-state index contributed by atoms with van der Waals surface area (Å²) in [5.41, 5.74) is 2.48. The van der Waals surface area contributed by atoms with E-state index in [1.165, 1.54) is 18.4 Å². The molecular formula is C15H18N6O2S. The van der Waals surface area contributed by atoms with Crippen molar-refractivity contribution in [3.63, 3.8) is 0 Å². The van der Waals surface area contributed by atoms with Gasteiger partial charge >= 0.3 is 0 Å². The van der Waals surface area contributed by atoms with Crippen LogP contribution in [0.3, 0.4) is 0 Å². The van der Waals surface area contributed by atoms with Gasteiger partial charge in [0.05, 0.1) is 5.75 Å². The first-order valence-electron chi connectivity index (χ1n) is 7.33. The third kappa shape index (κ3) is 3.69. The Morgan fingerprint density at radius 3 is 2.50 bits per heavy atom. The second-order valence-electron chi connectivity index (χ2n) is 5.56. The van der Waals surface area contributed by atoms with E-state index in [9.17, 15) is 8.42 Å². The molecule has 3 aromatic rings. The second kappa shape index (κ2) is 6.54. The van der Waals surface area contributed by atoms with Crippen LogP contribution in [-0.2, 0) is 22.3 Å². The van der Waals surface area contributed by atoms with Gasteiger partial charge in [-0.1, -0.05) is 24.3 Å². The van der Waals surface area contributed by atoms with Crippen LogP contribution >= 0.6 is 0 Å². The van der Waals surface area contributed by atoms with Gasteiger partial charge in [0.1, 0.15) is 12.1 Å². The Hall–Kier alpha value is -2.52. The summed E-state index contributed by atoms with van der Waals surface area (Å²) in [6.45, 7) is 0.585. The summed E-state index contributed by atoms with van der Waals surface area (Å²) < 4.78 is 26.6. The number of sulfonamides is 1. The lowest BCUT2D eigenvalue weighted by molar-refractivity contribution is 0.519. The monoisotopic (exact) mass is 346 g/mol. The van der Waals surface area contributed by atoms with Gasteiger partial charge in [0.15, 0.2) is 5.65 Å². The molecule has 0 aliphatic heterocycles. The molecule has 0 aliphatic carbocycles. The smallest absolute Gasteiger partial charge is 0.217 e. The lowest BCUT2D eigenvalue weighted by atomic mass is 10.1. The number of hydrogen-bond acceptors (Lipinski definition) is 6. The quantitative estimate of drug-likeness (QED) is 0.719. The van der Waals surface area contributed by atoms with Crippen molar-refractivity contribution >= 4 is 21.5 Å². The van der Waals surface area contributed by atoms with E-state index in [0.29, 0.717) is 18.0 Å². The molecule has 8 nitrogen and oxygen atoms in total. The first kappa shape index (κ1) is 16.3. The van der Waals surface area contributed by atoms with Crippen molar-refractivity contribution in [2.24, 2.45) is 0 Å². The summed E-state index contributed by atoms with van der Waals surface area (Å²) in [5.74, 6) is 0.709. The van der Waals surface area contributed by atoms with Gasteiger partial charge in [0.25, 0.3) is 0 Å². The molecule has 0 aliphatic rings. The third-order valence-corrected chi connectivity index (χ3v) is 5.37. The predicted octanol–water partition coefficient (Wildman–Crippen LogP) is 1.13. The van der Waals surface area contributed by atoms with Crippen LogP contribution in [0, 0.1) is 0 Å². The molecule has 0 saturated carbocycles. The molecule has 0 bridgehead atoms. The fraction of sp³-hybridized carbons (Fsp3) is 0.267. The Labute approximate surface area is 140 Å². The van der Waals surface area contributed by atoms with Gasteiger partial charge in [-0.25, -0.2) is 12.7 Å². The summed E-state index contributed by atoms with van der Waals surface area (Å²) in [6, 6.07) is 11.1. The Kier molecular flexibility index (Phi) is 4.45. The maximum atomic E-state index is 11.9. The zero-order valence-electron chi connectivity index (χ0n) is 13.4. The van der Waals surface area contributed by atoms with Gasteiger partial charge in [-0.05, 0) is 23.3 Å². The molecule has 1 N–H and O–H groups in total. The zero-order valence-corrected chi connectivity index (χ0v) is 14.2. The van der Waals surface area contributed by atoms with E-state index >= 15 is 0 Å². The van der Waals surface area contributed by atoms with Crippen LogP contribution < -0.4 is 5.32 Å². The number of fused-ring (bicyclic) bond motifs is 1. The highest BCUT2D eigenvalue weighted by atomic mass is 32.2. The second-order valence-corrected chi connectivity index (χ2v) is 7.74. The number of benzene rings is 1. The van der Waals surface area contributed by atoms with Crippen molar-refractivity contribution in [3.8, 4) is 0 Å². The highest BCUT2D eigenvalue weighted by Gasteiger charge is 2.14. The summed E-state index contributed by atoms with van der Waals surface area (Å²) in [7, 11) is -0.172. The summed E-state index contributed by atoms with van der Waals surface area (Å²) >= 11 is 0. The average molecular weight is 346 g/mol. The lowest BCUT2D eigenvalue weighted by Gasteiger charge is -2.11. The molecule has 2 heterocycles. The van der Waals surface area contributed by atoms with Crippen molar-refractivity contribution < 1.29 is 8.42 Å². The maximum Gasteiger partial charge on any atom is 0.217 e. The largest absolute Gasteiger partial charge is 0.365 e. The minimum atomic E-state index is -3.24. The van der Waals surface area contributed by atoms with Gasteiger partial charge in [0.2, 0.25) is 10.0 Å². The number of nitrogens with zero attached hydrogens (tertiary/aromatic N) is 5. The van der Waals surface area contributed by atoms with Crippen LogP contribution in [0.25, 0.3) is 5.65 Å². The SMILES string of the molecule is CN(C)S(=O)(=O)Cc1ccc(CNc2ccc3nncn3n2)cc1. The summed E-state index contributed by atoms with van der Waals surface area (Å²) in [6.07, 6.45) is 1.54. The molecule has 9 heteroatoms. The predicted molar refractivity (Wildman–Crippen MR) is 90.9 cm³/mol. The minimum Gasteiger partial charge on any atom is -0.365 e. The molecule has 0 saturated heterocycles. The highest BCUT2D eigenvalue weighted by molar-refractivity contribution is 7.88. The lowest BCUT2D eigenvalue weighted by Crippen LogP contribution is -2.23. The van der Waals surface area contributed by atoms with Gasteiger partial charge in [-0.2, -0.15) is 4.52 Å². The van der Waals surface area contributed by atoms with E-state index < -0.39 is 10.0 Å². The van der Waals surface area contributed by atoms with E-state index in [1.54, 1.807) is 10.8 Å². The van der Waals surface area contributed by atoms with Crippen molar-refractivity contribution in [1.29, 1.82) is 0 Å². The van der Waals surface area contributed by atoms with Crippen LogP contribution in [0.2, 0.25) is 0 Å². The average Bonchev–Trinajstić information content (AvgIpc) is 3.01. The molecule has 24 heavy (non-hydrogen) atoms. The highest BCUT2D eigenvalue weighted by Crippen LogP contribution is 2.12. The fourth-order valence-corrected chi connectivity index (χ4v) is 2.98. The molecular weight excluding hydrogens is 328 g/mol. The zero-order chi connectivity index (χ0) is 17.2. The normalized spacial score (nSPS) is 12.0. The van der Waals surface area contributed by atoms with Gasteiger partial charge < -0.3 is 5.32 Å². The van der Waals surface area contributed by atoms with E-state index in [2.05, 4.69) is 20.6 Å². The number of aromatic nitrogens is 4. The molecule has 0 amide bonds. The Morgan fingerprint density at radius 2 is 1.79 bits per heavy atom. The minimum absolute atomic E-state index is 0.000436. The van der Waals surface area contributed by atoms with E-state index in [4.69, 9.17) is 0 Å². The Balaban J connectivity index is 1.63. The molecule has 2 aromatic heterocycles. The molecule has 0 unspecified atom stereocenters. The van der Waals surface area contributed by atoms with E-state index in [1.807, 2.05) is 36.4 Å². The van der Waals surface area contributed by atoms with Crippen molar-refractivity contribution in [2.45, 2.75) is 12.3 Å². The van der Waals surface area contributed by atoms with Gasteiger partial charge in [-0.15, -0.1) is 15.3 Å². The molecule has 0 radical (unpaired) electrons. The van der Waals surface area contributed by atoms with Crippen molar-refractivity contribution in [1.82, 2.24) is 24.1 Å². The molecule has 1 aromatic carbocycles. The standard InChI is InChI=1S/C15H18N6O2S/c1-20(2)24(22,23)10-13-5-3-12(4-6-13)9-16-14-7-8-15-18-17-11-21(15)19-14/h3-8,11H,9-10H2,1-2H3,(H,16,19). The number of nitrogens with one attached hydrogen (secondary N) is 1. The first-order chi connectivity index (χ1) is 11.4. The molecule has 0 spiro atoms. The topological polar surface area (TPSA) is 92.5 Å². The molecule has 126 valence electrons. The van der Waals surface area contributed by atoms with Crippen LogP contribution in [-0.4, -0.2) is 46.6 Å². The maximum absolute atomic E-state index is 11.9. The fourth-order valence-electron chi connectivity index (χ4n) is 2.11. The van der Waals surface area contributed by atoms with Gasteiger partial charge in [0, 0.05) is 20.6 Å². The molecule has 0 atom stereocenters. The third-order valence-electron chi connectivity index (χ3n) is 3.56.